The van der Waals surface area contributed by atoms with E-state index in [1.54, 1.807) is 0 Å². The summed E-state index contributed by atoms with van der Waals surface area (Å²) >= 11 is 0. The number of likely N-dealkylation sites (tertiary alicyclic amines) is 1. The molecule has 0 bridgehead atoms. The third-order valence-electron chi connectivity index (χ3n) is 4.56. The van der Waals surface area contributed by atoms with Gasteiger partial charge in [0.1, 0.15) is 12.1 Å². The van der Waals surface area contributed by atoms with Gasteiger partial charge < -0.3 is 9.78 Å². The molecule has 4 heteroatoms. The molecule has 2 aromatic rings. The molecule has 4 nitrogen and oxygen atoms in total. The molecule has 2 heterocycles. The van der Waals surface area contributed by atoms with Crippen molar-refractivity contribution in [2.75, 3.05) is 13.1 Å². The molecule has 0 amide bonds. The van der Waals surface area contributed by atoms with E-state index in [-0.39, 0.29) is 6.04 Å². The van der Waals surface area contributed by atoms with E-state index in [0.717, 1.165) is 49.3 Å². The number of hydrogen-bond acceptors (Lipinski definition) is 3. The van der Waals surface area contributed by atoms with E-state index < -0.39 is 0 Å². The van der Waals surface area contributed by atoms with E-state index in [1.807, 2.05) is 13.1 Å². The number of carbonyl (C=O) groups excluding carboxylic acids is 1. The van der Waals surface area contributed by atoms with E-state index in [9.17, 15) is 4.79 Å². The zero-order chi connectivity index (χ0) is 15.5. The van der Waals surface area contributed by atoms with Crippen LogP contribution in [0.3, 0.4) is 0 Å². The second kappa shape index (κ2) is 6.44. The molecular weight excluding hydrogens is 274 g/mol. The highest BCUT2D eigenvalue weighted by atomic mass is 16.1. The maximum absolute atomic E-state index is 11.0. The van der Waals surface area contributed by atoms with Gasteiger partial charge in [0, 0.05) is 24.2 Å². The van der Waals surface area contributed by atoms with Gasteiger partial charge in [-0.15, -0.1) is 0 Å². The monoisotopic (exact) mass is 297 g/mol. The molecule has 3 rings (SSSR count). The molecule has 1 saturated heterocycles. The smallest absolute Gasteiger partial charge is 0.136 e. The van der Waals surface area contributed by atoms with Crippen molar-refractivity contribution in [2.24, 2.45) is 0 Å². The topological polar surface area (TPSA) is 49.0 Å². The number of aromatic amines is 1. The van der Waals surface area contributed by atoms with Crippen molar-refractivity contribution in [3.8, 4) is 11.3 Å². The summed E-state index contributed by atoms with van der Waals surface area (Å²) in [5, 5.41) is 0. The average molecular weight is 297 g/mol. The fourth-order valence-electron chi connectivity index (χ4n) is 3.10. The SMILES string of the molecule is Cc1ccc(-c2c[nH]c(C3CCCN(C(C)C=O)C3)n2)cc1. The van der Waals surface area contributed by atoms with Crippen molar-refractivity contribution < 1.29 is 4.79 Å². The lowest BCUT2D eigenvalue weighted by molar-refractivity contribution is -0.112. The third-order valence-corrected chi connectivity index (χ3v) is 4.56. The molecular formula is C18H23N3O. The fraction of sp³-hybridized carbons (Fsp3) is 0.444. The van der Waals surface area contributed by atoms with Crippen LogP contribution < -0.4 is 0 Å². The molecule has 0 saturated carbocycles. The van der Waals surface area contributed by atoms with Gasteiger partial charge in [0.05, 0.1) is 11.7 Å². The normalized spacial score (nSPS) is 20.7. The number of aryl methyl sites for hydroxylation is 1. The van der Waals surface area contributed by atoms with E-state index in [0.29, 0.717) is 5.92 Å². The lowest BCUT2D eigenvalue weighted by Gasteiger charge is -2.33. The Bertz CT molecular complexity index is 632. The summed E-state index contributed by atoms with van der Waals surface area (Å²) in [6.07, 6.45) is 5.26. The number of aldehydes is 1. The van der Waals surface area contributed by atoms with Gasteiger partial charge in [-0.1, -0.05) is 29.8 Å². The van der Waals surface area contributed by atoms with Crippen LogP contribution in [-0.4, -0.2) is 40.3 Å². The van der Waals surface area contributed by atoms with Crippen LogP contribution in [0.2, 0.25) is 0 Å². The van der Waals surface area contributed by atoms with Gasteiger partial charge in [-0.25, -0.2) is 4.98 Å². The molecule has 2 unspecified atom stereocenters. The third kappa shape index (κ3) is 3.12. The highest BCUT2D eigenvalue weighted by Gasteiger charge is 2.26. The zero-order valence-electron chi connectivity index (χ0n) is 13.2. The molecule has 22 heavy (non-hydrogen) atoms. The first kappa shape index (κ1) is 15.0. The number of aromatic nitrogens is 2. The average Bonchev–Trinajstić information content (AvgIpc) is 3.05. The minimum Gasteiger partial charge on any atom is -0.348 e. The molecule has 1 aliphatic rings. The van der Waals surface area contributed by atoms with E-state index in [1.165, 1.54) is 5.56 Å². The molecule has 116 valence electrons. The summed E-state index contributed by atoms with van der Waals surface area (Å²) in [5.41, 5.74) is 3.39. The molecule has 1 fully saturated rings. The molecule has 0 aliphatic carbocycles. The zero-order valence-corrected chi connectivity index (χ0v) is 13.2. The highest BCUT2D eigenvalue weighted by Crippen LogP contribution is 2.27. The van der Waals surface area contributed by atoms with Gasteiger partial charge in [0.25, 0.3) is 0 Å². The predicted octanol–water partition coefficient (Wildman–Crippen LogP) is 3.15. The van der Waals surface area contributed by atoms with Gasteiger partial charge in [0.15, 0.2) is 0 Å². The Kier molecular flexibility index (Phi) is 4.39. The van der Waals surface area contributed by atoms with Crippen molar-refractivity contribution in [1.82, 2.24) is 14.9 Å². The van der Waals surface area contributed by atoms with E-state index in [4.69, 9.17) is 4.98 Å². The number of imidazole rings is 1. The summed E-state index contributed by atoms with van der Waals surface area (Å²) in [6.45, 7) is 5.96. The number of nitrogens with zero attached hydrogens (tertiary/aromatic N) is 2. The highest BCUT2D eigenvalue weighted by molar-refractivity contribution is 5.59. The van der Waals surface area contributed by atoms with Crippen LogP contribution in [0.25, 0.3) is 11.3 Å². The van der Waals surface area contributed by atoms with Crippen molar-refractivity contribution in [2.45, 2.75) is 38.6 Å². The minimum atomic E-state index is -0.00525. The fourth-order valence-corrected chi connectivity index (χ4v) is 3.10. The predicted molar refractivity (Wildman–Crippen MR) is 87.8 cm³/mol. The van der Waals surface area contributed by atoms with Crippen LogP contribution in [0.4, 0.5) is 0 Å². The Balaban J connectivity index is 1.75. The number of carbonyl (C=O) groups is 1. The summed E-state index contributed by atoms with van der Waals surface area (Å²) < 4.78 is 0. The summed E-state index contributed by atoms with van der Waals surface area (Å²) in [7, 11) is 0. The minimum absolute atomic E-state index is 0.00525. The second-order valence-electron chi connectivity index (χ2n) is 6.25. The van der Waals surface area contributed by atoms with Crippen molar-refractivity contribution in [3.05, 3.63) is 41.9 Å². The number of nitrogens with one attached hydrogen (secondary N) is 1. The van der Waals surface area contributed by atoms with Gasteiger partial charge in [0.2, 0.25) is 0 Å². The first-order valence-corrected chi connectivity index (χ1v) is 7.99. The molecule has 1 N–H and O–H groups in total. The maximum atomic E-state index is 11.0. The van der Waals surface area contributed by atoms with Crippen LogP contribution in [0.15, 0.2) is 30.5 Å². The standard InChI is InChI=1S/C18H23N3O/c1-13-5-7-15(8-6-13)17-10-19-18(20-17)16-4-3-9-21(11-16)14(2)12-22/h5-8,10,12,14,16H,3-4,9,11H2,1-2H3,(H,19,20). The summed E-state index contributed by atoms with van der Waals surface area (Å²) in [6, 6.07) is 8.43. The van der Waals surface area contributed by atoms with Crippen LogP contribution >= 0.6 is 0 Å². The van der Waals surface area contributed by atoms with Crippen LogP contribution in [-0.2, 0) is 4.79 Å². The van der Waals surface area contributed by atoms with Gasteiger partial charge in [-0.2, -0.15) is 0 Å². The Morgan fingerprint density at radius 3 is 2.86 bits per heavy atom. The van der Waals surface area contributed by atoms with Crippen molar-refractivity contribution in [1.29, 1.82) is 0 Å². The van der Waals surface area contributed by atoms with Gasteiger partial charge in [-0.3, -0.25) is 4.90 Å². The van der Waals surface area contributed by atoms with E-state index >= 15 is 0 Å². The van der Waals surface area contributed by atoms with Crippen LogP contribution in [0.5, 0.6) is 0 Å². The molecule has 1 aromatic heterocycles. The first-order chi connectivity index (χ1) is 10.7. The number of H-pyrrole nitrogens is 1. The molecule has 1 aliphatic heterocycles. The summed E-state index contributed by atoms with van der Waals surface area (Å²) in [5.74, 6) is 1.42. The van der Waals surface area contributed by atoms with Gasteiger partial charge >= 0.3 is 0 Å². The largest absolute Gasteiger partial charge is 0.348 e. The maximum Gasteiger partial charge on any atom is 0.136 e. The second-order valence-corrected chi connectivity index (χ2v) is 6.25. The van der Waals surface area contributed by atoms with Crippen molar-refractivity contribution >= 4 is 6.29 Å². The summed E-state index contributed by atoms with van der Waals surface area (Å²) in [4.78, 5) is 21.4. The number of benzene rings is 1. The quantitative estimate of drug-likeness (QED) is 0.882. The molecule has 1 aromatic carbocycles. The van der Waals surface area contributed by atoms with Crippen LogP contribution in [0.1, 0.15) is 37.1 Å². The molecule has 0 radical (unpaired) electrons. The van der Waals surface area contributed by atoms with Gasteiger partial charge in [-0.05, 0) is 33.2 Å². The Hall–Kier alpha value is -1.94. The number of rotatable bonds is 4. The van der Waals surface area contributed by atoms with E-state index in [2.05, 4.69) is 41.1 Å². The first-order valence-electron chi connectivity index (χ1n) is 7.99. The Morgan fingerprint density at radius 2 is 2.14 bits per heavy atom. The Labute approximate surface area is 131 Å². The Morgan fingerprint density at radius 1 is 1.36 bits per heavy atom. The number of piperidine rings is 1. The van der Waals surface area contributed by atoms with Crippen molar-refractivity contribution in [3.63, 3.8) is 0 Å². The number of hydrogen-bond donors (Lipinski definition) is 1. The molecule has 0 spiro atoms. The lowest BCUT2D eigenvalue weighted by Crippen LogP contribution is -2.41. The van der Waals surface area contributed by atoms with Crippen LogP contribution in [0, 0.1) is 6.92 Å². The lowest BCUT2D eigenvalue weighted by atomic mass is 9.96. The molecule has 2 atom stereocenters.